The van der Waals surface area contributed by atoms with Crippen LogP contribution >= 0.6 is 0 Å². The van der Waals surface area contributed by atoms with Gasteiger partial charge in [0.05, 0.1) is 16.7 Å². The molecule has 108 valence electrons. The van der Waals surface area contributed by atoms with Gasteiger partial charge in [-0.1, -0.05) is 6.07 Å². The van der Waals surface area contributed by atoms with Crippen molar-refractivity contribution in [2.45, 2.75) is 19.8 Å². The van der Waals surface area contributed by atoms with Crippen molar-refractivity contribution in [1.82, 2.24) is 4.90 Å². The van der Waals surface area contributed by atoms with Crippen LogP contribution in [-0.4, -0.2) is 35.0 Å². The smallest absolute Gasteiger partial charge is 0.311 e. The number of hydrogen-bond acceptors (Lipinski definition) is 3. The number of hydrogen-bond donors (Lipinski definition) is 2. The first-order chi connectivity index (χ1) is 9.35. The van der Waals surface area contributed by atoms with Crippen molar-refractivity contribution in [2.75, 3.05) is 18.8 Å². The molecule has 0 radical (unpaired) electrons. The van der Waals surface area contributed by atoms with Crippen LogP contribution < -0.4 is 5.73 Å². The van der Waals surface area contributed by atoms with Crippen molar-refractivity contribution in [3.63, 3.8) is 0 Å². The average molecular weight is 280 g/mol. The lowest BCUT2D eigenvalue weighted by atomic mass is 9.82. The van der Waals surface area contributed by atoms with E-state index in [9.17, 15) is 19.1 Å². The third-order valence-electron chi connectivity index (χ3n) is 3.78. The number of amides is 1. The Morgan fingerprint density at radius 1 is 1.45 bits per heavy atom. The number of piperidine rings is 1. The monoisotopic (exact) mass is 280 g/mol. The maximum atomic E-state index is 13.4. The van der Waals surface area contributed by atoms with Crippen LogP contribution in [-0.2, 0) is 4.79 Å². The van der Waals surface area contributed by atoms with Gasteiger partial charge < -0.3 is 15.7 Å². The number of carboxylic acids is 1. The number of aliphatic carboxylic acids is 1. The van der Waals surface area contributed by atoms with Crippen LogP contribution in [0, 0.1) is 11.2 Å². The molecule has 1 amide bonds. The van der Waals surface area contributed by atoms with E-state index in [0.29, 0.717) is 19.4 Å². The maximum absolute atomic E-state index is 13.4. The SMILES string of the molecule is CC1(C(=O)O)CCCN(C(=O)c2cccc(F)c2N)C1. The van der Waals surface area contributed by atoms with Crippen LogP contribution in [0.4, 0.5) is 10.1 Å². The summed E-state index contributed by atoms with van der Waals surface area (Å²) >= 11 is 0. The predicted molar refractivity (Wildman–Crippen MR) is 71.7 cm³/mol. The van der Waals surface area contributed by atoms with E-state index in [1.54, 1.807) is 6.92 Å². The average Bonchev–Trinajstić information content (AvgIpc) is 2.41. The fourth-order valence-electron chi connectivity index (χ4n) is 2.48. The molecular formula is C14H17FN2O3. The zero-order valence-electron chi connectivity index (χ0n) is 11.2. The molecule has 2 rings (SSSR count). The highest BCUT2D eigenvalue weighted by atomic mass is 19.1. The molecular weight excluding hydrogens is 263 g/mol. The zero-order valence-corrected chi connectivity index (χ0v) is 11.2. The van der Waals surface area contributed by atoms with Gasteiger partial charge >= 0.3 is 5.97 Å². The van der Waals surface area contributed by atoms with Gasteiger partial charge in [0.15, 0.2) is 0 Å². The number of benzene rings is 1. The van der Waals surface area contributed by atoms with E-state index in [0.717, 1.165) is 0 Å². The zero-order chi connectivity index (χ0) is 14.9. The number of carbonyl (C=O) groups is 2. The van der Waals surface area contributed by atoms with E-state index in [1.165, 1.54) is 23.1 Å². The lowest BCUT2D eigenvalue weighted by Gasteiger charge is -2.37. The molecule has 0 saturated carbocycles. The molecule has 6 heteroatoms. The molecule has 3 N–H and O–H groups in total. The van der Waals surface area contributed by atoms with E-state index < -0.39 is 23.1 Å². The van der Waals surface area contributed by atoms with E-state index in [4.69, 9.17) is 5.73 Å². The summed E-state index contributed by atoms with van der Waals surface area (Å²) in [5.41, 5.74) is 4.51. The molecule has 0 spiro atoms. The predicted octanol–water partition coefficient (Wildman–Crippen LogP) is 1.73. The summed E-state index contributed by atoms with van der Waals surface area (Å²) in [6, 6.07) is 4.05. The van der Waals surface area contributed by atoms with Gasteiger partial charge in [0.1, 0.15) is 5.82 Å². The molecule has 1 atom stereocenters. The van der Waals surface area contributed by atoms with Crippen molar-refractivity contribution in [2.24, 2.45) is 5.41 Å². The van der Waals surface area contributed by atoms with Crippen molar-refractivity contribution in [1.29, 1.82) is 0 Å². The number of anilines is 1. The summed E-state index contributed by atoms with van der Waals surface area (Å²) in [7, 11) is 0. The Morgan fingerprint density at radius 3 is 2.80 bits per heavy atom. The molecule has 1 unspecified atom stereocenters. The fraction of sp³-hybridized carbons (Fsp3) is 0.429. The number of para-hydroxylation sites is 1. The summed E-state index contributed by atoms with van der Waals surface area (Å²) in [6.45, 7) is 2.18. The molecule has 1 fully saturated rings. The number of nitrogen functional groups attached to an aromatic ring is 1. The number of carboxylic acid groups (broad SMARTS) is 1. The minimum atomic E-state index is -0.962. The highest BCUT2D eigenvalue weighted by Crippen LogP contribution is 2.31. The second-order valence-electron chi connectivity index (χ2n) is 5.40. The Balaban J connectivity index is 2.25. The molecule has 1 aliphatic rings. The molecule has 1 saturated heterocycles. The van der Waals surface area contributed by atoms with Gasteiger partial charge in [-0.05, 0) is 31.9 Å². The van der Waals surface area contributed by atoms with Gasteiger partial charge in [0.25, 0.3) is 5.91 Å². The minimum absolute atomic E-state index is 0.0830. The largest absolute Gasteiger partial charge is 0.481 e. The number of nitrogens with two attached hydrogens (primary N) is 1. The Hall–Kier alpha value is -2.11. The van der Waals surface area contributed by atoms with Crippen LogP contribution in [0.15, 0.2) is 18.2 Å². The molecule has 5 nitrogen and oxygen atoms in total. The number of carbonyl (C=O) groups excluding carboxylic acids is 1. The van der Waals surface area contributed by atoms with Crippen molar-refractivity contribution in [3.05, 3.63) is 29.6 Å². The van der Waals surface area contributed by atoms with Crippen LogP contribution in [0.1, 0.15) is 30.1 Å². The minimum Gasteiger partial charge on any atom is -0.481 e. The second-order valence-corrected chi connectivity index (χ2v) is 5.40. The molecule has 20 heavy (non-hydrogen) atoms. The van der Waals surface area contributed by atoms with Gasteiger partial charge in [-0.3, -0.25) is 9.59 Å². The van der Waals surface area contributed by atoms with E-state index in [2.05, 4.69) is 0 Å². The maximum Gasteiger partial charge on any atom is 0.311 e. The highest BCUT2D eigenvalue weighted by molar-refractivity contribution is 5.99. The van der Waals surface area contributed by atoms with Gasteiger partial charge in [-0.25, -0.2) is 4.39 Å². The van der Waals surface area contributed by atoms with Crippen molar-refractivity contribution in [3.8, 4) is 0 Å². The van der Waals surface area contributed by atoms with E-state index in [-0.39, 0.29) is 17.8 Å². The van der Waals surface area contributed by atoms with Gasteiger partial charge in [-0.15, -0.1) is 0 Å². The molecule has 0 aromatic heterocycles. The molecule has 0 aliphatic carbocycles. The molecule has 1 aromatic carbocycles. The topological polar surface area (TPSA) is 83.6 Å². The van der Waals surface area contributed by atoms with Gasteiger partial charge in [0.2, 0.25) is 0 Å². The first-order valence-corrected chi connectivity index (χ1v) is 6.42. The normalized spacial score (nSPS) is 22.6. The molecule has 0 bridgehead atoms. The summed E-state index contributed by atoms with van der Waals surface area (Å²) in [6.07, 6.45) is 1.12. The fourth-order valence-corrected chi connectivity index (χ4v) is 2.48. The van der Waals surface area contributed by atoms with Crippen LogP contribution in [0.5, 0.6) is 0 Å². The van der Waals surface area contributed by atoms with Crippen LogP contribution in [0.2, 0.25) is 0 Å². The van der Waals surface area contributed by atoms with Gasteiger partial charge in [0, 0.05) is 13.1 Å². The summed E-state index contributed by atoms with van der Waals surface area (Å²) in [4.78, 5) is 25.1. The van der Waals surface area contributed by atoms with Crippen LogP contribution in [0.3, 0.4) is 0 Å². The van der Waals surface area contributed by atoms with E-state index in [1.807, 2.05) is 0 Å². The molecule has 1 aromatic rings. The summed E-state index contributed by atoms with van der Waals surface area (Å²) in [5, 5.41) is 9.24. The third kappa shape index (κ3) is 2.45. The first-order valence-electron chi connectivity index (χ1n) is 6.42. The summed E-state index contributed by atoms with van der Waals surface area (Å²) < 4.78 is 13.4. The van der Waals surface area contributed by atoms with Crippen molar-refractivity contribution >= 4 is 17.6 Å². The Labute approximate surface area is 116 Å². The third-order valence-corrected chi connectivity index (χ3v) is 3.78. The van der Waals surface area contributed by atoms with Crippen molar-refractivity contribution < 1.29 is 19.1 Å². The quantitative estimate of drug-likeness (QED) is 0.808. The lowest BCUT2D eigenvalue weighted by molar-refractivity contribution is -0.150. The first kappa shape index (κ1) is 14.3. The molecule has 1 aliphatic heterocycles. The number of rotatable bonds is 2. The van der Waals surface area contributed by atoms with Crippen LogP contribution in [0.25, 0.3) is 0 Å². The lowest BCUT2D eigenvalue weighted by Crippen LogP contribution is -2.48. The number of halogens is 1. The number of likely N-dealkylation sites (tertiary alicyclic amines) is 1. The highest BCUT2D eigenvalue weighted by Gasteiger charge is 2.39. The second kappa shape index (κ2) is 5.11. The standard InChI is InChI=1S/C14H17FN2O3/c1-14(13(19)20)6-3-7-17(8-14)12(18)9-4-2-5-10(15)11(9)16/h2,4-5H,3,6-8,16H2,1H3,(H,19,20). The Bertz CT molecular complexity index is 561. The molecule has 1 heterocycles. The van der Waals surface area contributed by atoms with E-state index >= 15 is 0 Å². The Morgan fingerprint density at radius 2 is 2.15 bits per heavy atom. The van der Waals surface area contributed by atoms with Gasteiger partial charge in [-0.2, -0.15) is 0 Å². The summed E-state index contributed by atoms with van der Waals surface area (Å²) in [5.74, 6) is -2.00. The Kier molecular flexibility index (Phi) is 3.65. The number of nitrogens with zero attached hydrogens (tertiary/aromatic N) is 1.